The highest BCUT2D eigenvalue weighted by Gasteiger charge is 2.16. The van der Waals surface area contributed by atoms with Gasteiger partial charge in [0.2, 0.25) is 0 Å². The summed E-state index contributed by atoms with van der Waals surface area (Å²) in [5.74, 6) is 0. The Morgan fingerprint density at radius 1 is 1.12 bits per heavy atom. The van der Waals surface area contributed by atoms with Crippen LogP contribution in [0, 0.1) is 0 Å². The van der Waals surface area contributed by atoms with Gasteiger partial charge in [-0.3, -0.25) is 4.55 Å². The first-order chi connectivity index (χ1) is 11.9. The summed E-state index contributed by atoms with van der Waals surface area (Å²) in [4.78, 5) is 10.8. The van der Waals surface area contributed by atoms with E-state index in [2.05, 4.69) is 20.3 Å². The summed E-state index contributed by atoms with van der Waals surface area (Å²) in [5, 5.41) is 2.52. The Labute approximate surface area is 149 Å². The van der Waals surface area contributed by atoms with Gasteiger partial charge in [0.15, 0.2) is 0 Å². The molecule has 0 saturated carbocycles. The summed E-state index contributed by atoms with van der Waals surface area (Å²) in [6.07, 6.45) is 3.24. The van der Waals surface area contributed by atoms with Gasteiger partial charge in [0.25, 0.3) is 5.17 Å². The molecule has 2 aromatic carbocycles. The van der Waals surface area contributed by atoms with Crippen LogP contribution >= 0.6 is 11.6 Å². The Bertz CT molecular complexity index is 983. The van der Waals surface area contributed by atoms with Crippen molar-refractivity contribution >= 4 is 38.3 Å². The van der Waals surface area contributed by atoms with Gasteiger partial charge in [0.1, 0.15) is 0 Å². The molecule has 0 amide bonds. The summed E-state index contributed by atoms with van der Waals surface area (Å²) in [5.41, 5.74) is 2.50. The molecule has 0 spiro atoms. The van der Waals surface area contributed by atoms with Gasteiger partial charge in [-0.15, -0.1) is 0 Å². The van der Waals surface area contributed by atoms with Gasteiger partial charge in [-0.25, -0.2) is 9.98 Å². The number of aliphatic imine (C=N–C) groups is 1. The van der Waals surface area contributed by atoms with Gasteiger partial charge in [-0.05, 0) is 42.0 Å². The molecule has 0 bridgehead atoms. The molecular formula is C16H13ClN4O3S. The molecule has 1 heterocycles. The van der Waals surface area contributed by atoms with Gasteiger partial charge in [0.05, 0.1) is 23.9 Å². The van der Waals surface area contributed by atoms with Gasteiger partial charge < -0.3 is 10.3 Å². The number of imidazole rings is 1. The summed E-state index contributed by atoms with van der Waals surface area (Å²) in [6.45, 7) is 0. The molecule has 1 aromatic heterocycles. The molecule has 0 aliphatic carbocycles. The van der Waals surface area contributed by atoms with E-state index >= 15 is 0 Å². The molecule has 3 rings (SSSR count). The largest absolute Gasteiger partial charge is 0.345 e. The SMILES string of the molecule is O=S(=O)(O)C(=Nc1ccc(Cl)cc1)Nc1ccc(-c2cnc[nH]2)cc1. The molecule has 0 unspecified atom stereocenters. The van der Waals surface area contributed by atoms with Crippen LogP contribution in [0.25, 0.3) is 11.3 Å². The number of hydrogen-bond donors (Lipinski definition) is 3. The smallest absolute Gasteiger partial charge is 0.328 e. The second kappa shape index (κ2) is 7.06. The van der Waals surface area contributed by atoms with Gasteiger partial charge in [-0.2, -0.15) is 8.42 Å². The highest BCUT2D eigenvalue weighted by molar-refractivity contribution is 8.01. The molecule has 3 N–H and O–H groups in total. The summed E-state index contributed by atoms with van der Waals surface area (Å²) in [7, 11) is -4.54. The molecular weight excluding hydrogens is 364 g/mol. The number of amidine groups is 1. The number of H-pyrrole nitrogens is 1. The van der Waals surface area contributed by atoms with Gasteiger partial charge >= 0.3 is 10.1 Å². The van der Waals surface area contributed by atoms with Crippen LogP contribution in [0.1, 0.15) is 0 Å². The van der Waals surface area contributed by atoms with Crippen molar-refractivity contribution in [3.8, 4) is 11.3 Å². The number of rotatable bonds is 3. The molecule has 9 heteroatoms. The number of anilines is 1. The van der Waals surface area contributed by atoms with Gasteiger partial charge in [0, 0.05) is 10.7 Å². The summed E-state index contributed by atoms with van der Waals surface area (Å²) < 4.78 is 32.6. The van der Waals surface area contributed by atoms with Gasteiger partial charge in [-0.1, -0.05) is 23.7 Å². The highest BCUT2D eigenvalue weighted by atomic mass is 35.5. The van der Waals surface area contributed by atoms with E-state index in [4.69, 9.17) is 11.6 Å². The van der Waals surface area contributed by atoms with Crippen LogP contribution in [0.5, 0.6) is 0 Å². The Kier molecular flexibility index (Phi) is 4.84. The molecule has 7 nitrogen and oxygen atoms in total. The van der Waals surface area contributed by atoms with E-state index in [9.17, 15) is 13.0 Å². The molecule has 25 heavy (non-hydrogen) atoms. The lowest BCUT2D eigenvalue weighted by molar-refractivity contribution is 0.498. The number of aromatic amines is 1. The average molecular weight is 377 g/mol. The topological polar surface area (TPSA) is 107 Å². The van der Waals surface area contributed by atoms with E-state index < -0.39 is 15.3 Å². The Hall–Kier alpha value is -2.68. The fraction of sp³-hybridized carbons (Fsp3) is 0. The van der Waals surface area contributed by atoms with Crippen molar-refractivity contribution in [1.29, 1.82) is 0 Å². The van der Waals surface area contributed by atoms with Crippen LogP contribution in [-0.2, 0) is 10.1 Å². The predicted molar refractivity (Wildman–Crippen MR) is 97.7 cm³/mol. The van der Waals surface area contributed by atoms with Crippen LogP contribution < -0.4 is 5.32 Å². The predicted octanol–water partition coefficient (Wildman–Crippen LogP) is 3.72. The van der Waals surface area contributed by atoms with Crippen LogP contribution in [-0.4, -0.2) is 28.1 Å². The molecule has 0 aliphatic rings. The van der Waals surface area contributed by atoms with Crippen LogP contribution in [0.3, 0.4) is 0 Å². The summed E-state index contributed by atoms with van der Waals surface area (Å²) in [6, 6.07) is 13.1. The van der Waals surface area contributed by atoms with Crippen molar-refractivity contribution in [2.45, 2.75) is 0 Å². The fourth-order valence-corrected chi connectivity index (χ4v) is 2.65. The molecule has 0 atom stereocenters. The number of benzene rings is 2. The van der Waals surface area contributed by atoms with E-state index in [0.717, 1.165) is 11.3 Å². The minimum Gasteiger partial charge on any atom is -0.345 e. The maximum absolute atomic E-state index is 11.6. The Morgan fingerprint density at radius 3 is 2.36 bits per heavy atom. The average Bonchev–Trinajstić information content (AvgIpc) is 3.10. The van der Waals surface area contributed by atoms with Crippen molar-refractivity contribution in [3.05, 3.63) is 66.1 Å². The van der Waals surface area contributed by atoms with Crippen LogP contribution in [0.15, 0.2) is 66.0 Å². The minimum absolute atomic E-state index is 0.332. The number of aromatic nitrogens is 2. The maximum Gasteiger partial charge on any atom is 0.328 e. The second-order valence-corrected chi connectivity index (χ2v) is 6.81. The fourth-order valence-electron chi connectivity index (χ4n) is 2.05. The molecule has 0 radical (unpaired) electrons. The molecule has 0 fully saturated rings. The second-order valence-electron chi connectivity index (χ2n) is 5.04. The van der Waals surface area contributed by atoms with E-state index in [-0.39, 0.29) is 0 Å². The number of nitrogens with zero attached hydrogens (tertiary/aromatic N) is 2. The minimum atomic E-state index is -4.54. The lowest BCUT2D eigenvalue weighted by Crippen LogP contribution is -2.22. The number of halogens is 1. The van der Waals surface area contributed by atoms with Crippen LogP contribution in [0.4, 0.5) is 11.4 Å². The van der Waals surface area contributed by atoms with Crippen molar-refractivity contribution in [1.82, 2.24) is 9.97 Å². The van der Waals surface area contributed by atoms with E-state index in [0.29, 0.717) is 16.4 Å². The Morgan fingerprint density at radius 2 is 1.80 bits per heavy atom. The van der Waals surface area contributed by atoms with Crippen molar-refractivity contribution in [3.63, 3.8) is 0 Å². The maximum atomic E-state index is 11.6. The summed E-state index contributed by atoms with van der Waals surface area (Å²) >= 11 is 5.79. The first-order valence-electron chi connectivity index (χ1n) is 7.09. The number of nitrogens with one attached hydrogen (secondary N) is 2. The third-order valence-electron chi connectivity index (χ3n) is 3.25. The lowest BCUT2D eigenvalue weighted by Gasteiger charge is -2.08. The number of hydrogen-bond acceptors (Lipinski definition) is 4. The third-order valence-corrected chi connectivity index (χ3v) is 4.18. The van der Waals surface area contributed by atoms with Crippen molar-refractivity contribution in [2.24, 2.45) is 4.99 Å². The standard InChI is InChI=1S/C16H13ClN4O3S/c17-12-3-7-14(8-4-12)21-16(25(22,23)24)20-13-5-1-11(2-6-13)15-9-18-10-19-15/h1-10H,(H,18,19)(H,20,21)(H,22,23,24). The zero-order valence-electron chi connectivity index (χ0n) is 12.7. The van der Waals surface area contributed by atoms with E-state index in [1.54, 1.807) is 48.9 Å². The molecule has 128 valence electrons. The van der Waals surface area contributed by atoms with E-state index in [1.165, 1.54) is 12.1 Å². The third kappa shape index (κ3) is 4.44. The zero-order valence-corrected chi connectivity index (χ0v) is 14.3. The van der Waals surface area contributed by atoms with Crippen molar-refractivity contribution in [2.75, 3.05) is 5.32 Å². The highest BCUT2D eigenvalue weighted by Crippen LogP contribution is 2.21. The monoisotopic (exact) mass is 376 g/mol. The first-order valence-corrected chi connectivity index (χ1v) is 8.91. The first kappa shape index (κ1) is 17.2. The molecule has 0 saturated heterocycles. The molecule has 0 aliphatic heterocycles. The van der Waals surface area contributed by atoms with Crippen molar-refractivity contribution < 1.29 is 13.0 Å². The lowest BCUT2D eigenvalue weighted by atomic mass is 10.1. The molecule has 3 aromatic rings. The normalized spacial score (nSPS) is 12.2. The quantitative estimate of drug-likeness (QED) is 0.367. The van der Waals surface area contributed by atoms with E-state index in [1.807, 2.05) is 0 Å². The van der Waals surface area contributed by atoms with Crippen LogP contribution in [0.2, 0.25) is 5.02 Å². The Balaban J connectivity index is 1.87. The zero-order chi connectivity index (χ0) is 17.9.